The van der Waals surface area contributed by atoms with E-state index in [0.29, 0.717) is 6.10 Å². The zero-order valence-corrected chi connectivity index (χ0v) is 8.80. The van der Waals surface area contributed by atoms with Crippen molar-refractivity contribution in [1.29, 1.82) is 0 Å². The number of halogens is 1. The second-order valence-corrected chi connectivity index (χ2v) is 3.85. The average molecular weight is 256 g/mol. The third-order valence-electron chi connectivity index (χ3n) is 2.52. The fraction of sp³-hybridized carbons (Fsp3) is 1.00. The first-order chi connectivity index (χ1) is 4.70. The molecule has 0 aromatic heterocycles. The van der Waals surface area contributed by atoms with Gasteiger partial charge in [0.05, 0.1) is 20.1 Å². The maximum atomic E-state index is 5.26. The summed E-state index contributed by atoms with van der Waals surface area (Å²) in [5, 5.41) is 0. The summed E-state index contributed by atoms with van der Waals surface area (Å²) in [6.45, 7) is 5.95. The Morgan fingerprint density at radius 1 is 1.70 bits per heavy atom. The topological polar surface area (TPSA) is 9.23 Å². The van der Waals surface area contributed by atoms with Gasteiger partial charge in [0.15, 0.2) is 0 Å². The molecule has 1 fully saturated rings. The van der Waals surface area contributed by atoms with Crippen LogP contribution in [0.4, 0.5) is 0 Å². The molecule has 2 nitrogen and oxygen atoms in total. The van der Waals surface area contributed by atoms with Crippen molar-refractivity contribution >= 4 is 23.0 Å². The van der Waals surface area contributed by atoms with E-state index in [1.54, 1.807) is 0 Å². The molecule has 3 heteroatoms. The van der Waals surface area contributed by atoms with Crippen LogP contribution in [0.25, 0.3) is 0 Å². The molecule has 1 heterocycles. The third kappa shape index (κ3) is 1.83. The molecule has 0 saturated carbocycles. The Balaban J connectivity index is 2.41. The number of likely N-dealkylation sites (tertiary alicyclic amines) is 1. The first-order valence-corrected chi connectivity index (χ1v) is 4.69. The normalized spacial score (nSPS) is 40.5. The SMILES string of the molecule is CC[N+]1(C)CCC(OI)C1. The molecule has 0 aromatic carbocycles. The zero-order valence-electron chi connectivity index (χ0n) is 6.64. The van der Waals surface area contributed by atoms with Crippen LogP contribution in [-0.2, 0) is 3.07 Å². The molecule has 0 bridgehead atoms. The Morgan fingerprint density at radius 3 is 2.70 bits per heavy atom. The fourth-order valence-corrected chi connectivity index (χ4v) is 1.90. The number of likely N-dealkylation sites (N-methyl/N-ethyl adjacent to an activating group) is 1. The predicted octanol–water partition coefficient (Wildman–Crippen LogP) is 1.59. The van der Waals surface area contributed by atoms with Gasteiger partial charge in [0.1, 0.15) is 35.7 Å². The van der Waals surface area contributed by atoms with E-state index >= 15 is 0 Å². The van der Waals surface area contributed by atoms with Crippen LogP contribution in [0.1, 0.15) is 13.3 Å². The van der Waals surface area contributed by atoms with Gasteiger partial charge in [-0.1, -0.05) is 0 Å². The van der Waals surface area contributed by atoms with Crippen LogP contribution in [0.15, 0.2) is 0 Å². The molecule has 2 atom stereocenters. The molecule has 0 radical (unpaired) electrons. The maximum Gasteiger partial charge on any atom is 0.124 e. The van der Waals surface area contributed by atoms with E-state index in [-0.39, 0.29) is 0 Å². The molecule has 60 valence electrons. The highest BCUT2D eigenvalue weighted by molar-refractivity contribution is 14.1. The number of rotatable bonds is 2. The second kappa shape index (κ2) is 3.36. The molecule has 0 aromatic rings. The van der Waals surface area contributed by atoms with Crippen molar-refractivity contribution in [2.75, 3.05) is 26.7 Å². The molecule has 1 aliphatic heterocycles. The molecule has 1 aliphatic rings. The van der Waals surface area contributed by atoms with Crippen LogP contribution < -0.4 is 0 Å². The van der Waals surface area contributed by atoms with E-state index in [0.717, 1.165) is 0 Å². The van der Waals surface area contributed by atoms with Crippen molar-refractivity contribution in [3.63, 3.8) is 0 Å². The third-order valence-corrected chi connectivity index (χ3v) is 3.24. The largest absolute Gasteiger partial charge is 0.324 e. The summed E-state index contributed by atoms with van der Waals surface area (Å²) in [4.78, 5) is 0. The Labute approximate surface area is 76.8 Å². The monoisotopic (exact) mass is 256 g/mol. The summed E-state index contributed by atoms with van der Waals surface area (Å²) in [5.41, 5.74) is 0. The minimum Gasteiger partial charge on any atom is -0.324 e. The van der Waals surface area contributed by atoms with Crippen molar-refractivity contribution in [2.45, 2.75) is 19.4 Å². The highest BCUT2D eigenvalue weighted by atomic mass is 127. The second-order valence-electron chi connectivity index (χ2n) is 3.34. The molecular weight excluding hydrogens is 241 g/mol. The summed E-state index contributed by atoms with van der Waals surface area (Å²) in [7, 11) is 2.30. The van der Waals surface area contributed by atoms with Crippen LogP contribution >= 0.6 is 23.0 Å². The minimum absolute atomic E-state index is 0.505. The smallest absolute Gasteiger partial charge is 0.124 e. The Morgan fingerprint density at radius 2 is 2.40 bits per heavy atom. The first kappa shape index (κ1) is 8.74. The molecule has 1 saturated heterocycles. The van der Waals surface area contributed by atoms with Crippen molar-refractivity contribution in [2.24, 2.45) is 0 Å². The molecule has 0 N–H and O–H groups in total. The number of nitrogens with zero attached hydrogens (tertiary/aromatic N) is 1. The van der Waals surface area contributed by atoms with Crippen molar-refractivity contribution in [3.8, 4) is 0 Å². The Kier molecular flexibility index (Phi) is 2.94. The van der Waals surface area contributed by atoms with Crippen LogP contribution in [0.5, 0.6) is 0 Å². The van der Waals surface area contributed by atoms with Crippen LogP contribution in [0.2, 0.25) is 0 Å². The van der Waals surface area contributed by atoms with Gasteiger partial charge < -0.3 is 7.55 Å². The standard InChI is InChI=1S/C7H15INO/c1-3-9(2)5-4-7(6-9)10-8/h7H,3-6H2,1-2H3/q+1. The number of hydrogen-bond donors (Lipinski definition) is 0. The van der Waals surface area contributed by atoms with Crippen molar-refractivity contribution in [3.05, 3.63) is 0 Å². The molecule has 0 aliphatic carbocycles. The van der Waals surface area contributed by atoms with Gasteiger partial charge >= 0.3 is 0 Å². The summed E-state index contributed by atoms with van der Waals surface area (Å²) in [6, 6.07) is 0. The lowest BCUT2D eigenvalue weighted by molar-refractivity contribution is -0.896. The van der Waals surface area contributed by atoms with Gasteiger partial charge in [0, 0.05) is 6.42 Å². The van der Waals surface area contributed by atoms with Gasteiger partial charge in [-0.2, -0.15) is 0 Å². The van der Waals surface area contributed by atoms with Crippen LogP contribution in [0.3, 0.4) is 0 Å². The summed E-state index contributed by atoms with van der Waals surface area (Å²) in [5.74, 6) is 0. The molecule has 1 rings (SSSR count). The van der Waals surface area contributed by atoms with E-state index in [9.17, 15) is 0 Å². The lowest BCUT2D eigenvalue weighted by atomic mass is 10.3. The van der Waals surface area contributed by atoms with Gasteiger partial charge in [-0.25, -0.2) is 0 Å². The molecule has 10 heavy (non-hydrogen) atoms. The lowest BCUT2D eigenvalue weighted by Crippen LogP contribution is -2.41. The number of hydrogen-bond acceptors (Lipinski definition) is 1. The predicted molar refractivity (Wildman–Crippen MR) is 50.0 cm³/mol. The highest BCUT2D eigenvalue weighted by Gasteiger charge is 2.33. The van der Waals surface area contributed by atoms with E-state index in [1.165, 1.54) is 30.5 Å². The Bertz CT molecular complexity index is 120. The Hall–Kier alpha value is 0.650. The molecule has 0 spiro atoms. The van der Waals surface area contributed by atoms with E-state index in [4.69, 9.17) is 3.07 Å². The quantitative estimate of drug-likeness (QED) is 0.538. The maximum absolute atomic E-state index is 5.26. The van der Waals surface area contributed by atoms with E-state index in [2.05, 4.69) is 14.0 Å². The summed E-state index contributed by atoms with van der Waals surface area (Å²) < 4.78 is 6.45. The fourth-order valence-electron chi connectivity index (χ4n) is 1.49. The first-order valence-electron chi connectivity index (χ1n) is 3.81. The van der Waals surface area contributed by atoms with Gasteiger partial charge in [0.25, 0.3) is 0 Å². The van der Waals surface area contributed by atoms with E-state index < -0.39 is 0 Å². The van der Waals surface area contributed by atoms with Gasteiger partial charge in [-0.05, 0) is 6.92 Å². The zero-order chi connectivity index (χ0) is 7.61. The molecule has 0 amide bonds. The summed E-state index contributed by atoms with van der Waals surface area (Å²) >= 11 is 2.01. The number of quaternary nitrogens is 1. The highest BCUT2D eigenvalue weighted by Crippen LogP contribution is 2.20. The van der Waals surface area contributed by atoms with Crippen molar-refractivity contribution in [1.82, 2.24) is 0 Å². The lowest BCUT2D eigenvalue weighted by Gasteiger charge is -2.27. The molecule has 2 unspecified atom stereocenters. The van der Waals surface area contributed by atoms with Gasteiger partial charge in [-0.15, -0.1) is 0 Å². The van der Waals surface area contributed by atoms with Crippen LogP contribution in [0, 0.1) is 0 Å². The van der Waals surface area contributed by atoms with Crippen LogP contribution in [-0.4, -0.2) is 37.3 Å². The average Bonchev–Trinajstić information content (AvgIpc) is 2.33. The van der Waals surface area contributed by atoms with Gasteiger partial charge in [0.2, 0.25) is 0 Å². The van der Waals surface area contributed by atoms with E-state index in [1.807, 2.05) is 23.0 Å². The summed E-state index contributed by atoms with van der Waals surface area (Å²) in [6.07, 6.45) is 1.73. The van der Waals surface area contributed by atoms with Crippen molar-refractivity contribution < 1.29 is 7.55 Å². The minimum atomic E-state index is 0.505. The van der Waals surface area contributed by atoms with Gasteiger partial charge in [-0.3, -0.25) is 0 Å². The molecular formula is C7H15INO+.